The Bertz CT molecular complexity index is 465. The molecule has 0 spiro atoms. The van der Waals surface area contributed by atoms with Gasteiger partial charge >= 0.3 is 0 Å². The Morgan fingerprint density at radius 1 is 1.24 bits per heavy atom. The Labute approximate surface area is 126 Å². The first-order chi connectivity index (χ1) is 9.88. The van der Waals surface area contributed by atoms with Gasteiger partial charge in [0.25, 0.3) is 0 Å². The summed E-state index contributed by atoms with van der Waals surface area (Å²) in [6.45, 7) is 9.47. The first-order valence-electron chi connectivity index (χ1n) is 7.86. The van der Waals surface area contributed by atoms with Gasteiger partial charge in [0.1, 0.15) is 17.3 Å². The minimum atomic E-state index is -0.447. The standard InChI is InChI=1S/C17H26F2N2/c1-11(2)20-10-14-8-15(18)17(16(19)9-14)21-6-5-12(3)7-13(21)4/h8-9,11-13,20H,5-7,10H2,1-4H3. The highest BCUT2D eigenvalue weighted by atomic mass is 19.1. The van der Waals surface area contributed by atoms with Crippen molar-refractivity contribution in [2.24, 2.45) is 5.92 Å². The van der Waals surface area contributed by atoms with Crippen molar-refractivity contribution < 1.29 is 8.78 Å². The Morgan fingerprint density at radius 2 is 1.86 bits per heavy atom. The molecule has 0 radical (unpaired) electrons. The molecule has 21 heavy (non-hydrogen) atoms. The number of benzene rings is 1. The molecule has 1 aromatic carbocycles. The van der Waals surface area contributed by atoms with Crippen molar-refractivity contribution in [1.29, 1.82) is 0 Å². The molecule has 0 aliphatic carbocycles. The molecular formula is C17H26F2N2. The molecule has 1 fully saturated rings. The van der Waals surface area contributed by atoms with Crippen LogP contribution in [0.1, 0.15) is 46.1 Å². The summed E-state index contributed by atoms with van der Waals surface area (Å²) in [6.07, 6.45) is 1.97. The largest absolute Gasteiger partial charge is 0.364 e. The van der Waals surface area contributed by atoms with Crippen LogP contribution in [0.3, 0.4) is 0 Å². The molecule has 0 aromatic heterocycles. The monoisotopic (exact) mass is 296 g/mol. The second-order valence-electron chi connectivity index (χ2n) is 6.62. The predicted octanol–water partition coefficient (Wildman–Crippen LogP) is 4.09. The fourth-order valence-corrected chi connectivity index (χ4v) is 3.06. The first-order valence-corrected chi connectivity index (χ1v) is 7.86. The van der Waals surface area contributed by atoms with Crippen molar-refractivity contribution in [1.82, 2.24) is 5.32 Å². The number of nitrogens with one attached hydrogen (secondary N) is 1. The predicted molar refractivity (Wildman–Crippen MR) is 83.5 cm³/mol. The van der Waals surface area contributed by atoms with E-state index in [1.807, 2.05) is 25.7 Å². The number of halogens is 2. The number of hydrogen-bond donors (Lipinski definition) is 1. The molecule has 2 nitrogen and oxygen atoms in total. The molecule has 1 aliphatic heterocycles. The van der Waals surface area contributed by atoms with E-state index in [9.17, 15) is 8.78 Å². The molecule has 1 aromatic rings. The van der Waals surface area contributed by atoms with Gasteiger partial charge in [-0.2, -0.15) is 0 Å². The van der Waals surface area contributed by atoms with E-state index in [0.717, 1.165) is 19.4 Å². The van der Waals surface area contributed by atoms with Crippen LogP contribution in [-0.4, -0.2) is 18.6 Å². The first kappa shape index (κ1) is 16.2. The molecule has 4 heteroatoms. The van der Waals surface area contributed by atoms with Crippen molar-refractivity contribution >= 4 is 5.69 Å². The zero-order chi connectivity index (χ0) is 15.6. The Morgan fingerprint density at radius 3 is 2.38 bits per heavy atom. The maximum atomic E-state index is 14.4. The average Bonchev–Trinajstić information content (AvgIpc) is 2.38. The van der Waals surface area contributed by atoms with Crippen LogP contribution in [0.5, 0.6) is 0 Å². The zero-order valence-electron chi connectivity index (χ0n) is 13.4. The number of anilines is 1. The Kier molecular flexibility index (Phi) is 5.20. The summed E-state index contributed by atoms with van der Waals surface area (Å²) >= 11 is 0. The molecule has 0 amide bonds. The Hall–Kier alpha value is -1.16. The van der Waals surface area contributed by atoms with Gasteiger partial charge in [-0.25, -0.2) is 8.78 Å². The number of hydrogen-bond acceptors (Lipinski definition) is 2. The van der Waals surface area contributed by atoms with Gasteiger partial charge in [0.15, 0.2) is 0 Å². The third kappa shape index (κ3) is 3.94. The highest BCUT2D eigenvalue weighted by Crippen LogP contribution is 2.32. The molecule has 1 N–H and O–H groups in total. The molecule has 1 aliphatic rings. The summed E-state index contributed by atoms with van der Waals surface area (Å²) in [5.41, 5.74) is 0.795. The number of rotatable bonds is 4. The van der Waals surface area contributed by atoms with E-state index in [-0.39, 0.29) is 11.7 Å². The van der Waals surface area contributed by atoms with Crippen LogP contribution in [0, 0.1) is 17.6 Å². The van der Waals surface area contributed by atoms with Gasteiger partial charge < -0.3 is 10.2 Å². The highest BCUT2D eigenvalue weighted by Gasteiger charge is 2.27. The van der Waals surface area contributed by atoms with Crippen LogP contribution >= 0.6 is 0 Å². The van der Waals surface area contributed by atoms with Crippen molar-refractivity contribution in [3.8, 4) is 0 Å². The van der Waals surface area contributed by atoms with Crippen molar-refractivity contribution in [2.45, 2.75) is 59.2 Å². The van der Waals surface area contributed by atoms with E-state index in [2.05, 4.69) is 12.2 Å². The quantitative estimate of drug-likeness (QED) is 0.900. The van der Waals surface area contributed by atoms with Crippen LogP contribution in [0.4, 0.5) is 14.5 Å². The molecule has 2 unspecified atom stereocenters. The molecule has 1 heterocycles. The van der Waals surface area contributed by atoms with E-state index < -0.39 is 11.6 Å². The van der Waals surface area contributed by atoms with Crippen LogP contribution in [0.15, 0.2) is 12.1 Å². The maximum Gasteiger partial charge on any atom is 0.149 e. The van der Waals surface area contributed by atoms with Crippen molar-refractivity contribution in [3.63, 3.8) is 0 Å². The van der Waals surface area contributed by atoms with Gasteiger partial charge in [-0.3, -0.25) is 0 Å². The lowest BCUT2D eigenvalue weighted by Crippen LogP contribution is -2.41. The second-order valence-corrected chi connectivity index (χ2v) is 6.62. The van der Waals surface area contributed by atoms with E-state index in [1.165, 1.54) is 12.1 Å². The molecule has 0 saturated carbocycles. The third-order valence-electron chi connectivity index (χ3n) is 4.22. The minimum absolute atomic E-state index is 0.141. The maximum absolute atomic E-state index is 14.4. The van der Waals surface area contributed by atoms with Gasteiger partial charge in [-0.15, -0.1) is 0 Å². The molecular weight excluding hydrogens is 270 g/mol. The van der Waals surface area contributed by atoms with Gasteiger partial charge in [0.05, 0.1) is 0 Å². The smallest absolute Gasteiger partial charge is 0.149 e. The van der Waals surface area contributed by atoms with Crippen LogP contribution in [0.2, 0.25) is 0 Å². The van der Waals surface area contributed by atoms with Gasteiger partial charge in [0, 0.05) is 25.2 Å². The topological polar surface area (TPSA) is 15.3 Å². The summed E-state index contributed by atoms with van der Waals surface area (Å²) < 4.78 is 28.8. The summed E-state index contributed by atoms with van der Waals surface area (Å²) in [5, 5.41) is 3.18. The van der Waals surface area contributed by atoms with Crippen molar-refractivity contribution in [2.75, 3.05) is 11.4 Å². The normalized spacial score (nSPS) is 22.9. The van der Waals surface area contributed by atoms with E-state index in [1.54, 1.807) is 0 Å². The van der Waals surface area contributed by atoms with Crippen LogP contribution in [0.25, 0.3) is 0 Å². The summed E-state index contributed by atoms with van der Waals surface area (Å²) in [5.74, 6) is -0.272. The fraction of sp³-hybridized carbons (Fsp3) is 0.647. The number of piperidine rings is 1. The lowest BCUT2D eigenvalue weighted by Gasteiger charge is -2.38. The third-order valence-corrected chi connectivity index (χ3v) is 4.22. The molecule has 2 atom stereocenters. The second kappa shape index (κ2) is 6.73. The SMILES string of the molecule is CC1CCN(c2c(F)cc(CNC(C)C)cc2F)C(C)C1. The van der Waals surface area contributed by atoms with Crippen LogP contribution in [-0.2, 0) is 6.54 Å². The van der Waals surface area contributed by atoms with Gasteiger partial charge in [0.2, 0.25) is 0 Å². The summed E-state index contributed by atoms with van der Waals surface area (Å²) in [6, 6.07) is 3.38. The lowest BCUT2D eigenvalue weighted by molar-refractivity contribution is 0.370. The molecule has 1 saturated heterocycles. The number of nitrogens with zero attached hydrogens (tertiary/aromatic N) is 1. The molecule has 118 valence electrons. The van der Waals surface area contributed by atoms with Gasteiger partial charge in [-0.1, -0.05) is 20.8 Å². The van der Waals surface area contributed by atoms with E-state index >= 15 is 0 Å². The van der Waals surface area contributed by atoms with Crippen LogP contribution < -0.4 is 10.2 Å². The van der Waals surface area contributed by atoms with Crippen molar-refractivity contribution in [3.05, 3.63) is 29.3 Å². The zero-order valence-corrected chi connectivity index (χ0v) is 13.4. The lowest BCUT2D eigenvalue weighted by atomic mass is 9.92. The van der Waals surface area contributed by atoms with E-state index in [0.29, 0.717) is 24.1 Å². The van der Waals surface area contributed by atoms with Gasteiger partial charge in [-0.05, 0) is 43.4 Å². The fourth-order valence-electron chi connectivity index (χ4n) is 3.06. The highest BCUT2D eigenvalue weighted by molar-refractivity contribution is 5.52. The molecule has 0 bridgehead atoms. The summed E-state index contributed by atoms with van der Waals surface area (Å²) in [4.78, 5) is 1.88. The Balaban J connectivity index is 2.20. The minimum Gasteiger partial charge on any atom is -0.364 e. The average molecular weight is 296 g/mol. The van der Waals surface area contributed by atoms with E-state index in [4.69, 9.17) is 0 Å². The molecule has 2 rings (SSSR count). The summed E-state index contributed by atoms with van der Waals surface area (Å²) in [7, 11) is 0.